The average Bonchev–Trinajstić information content (AvgIpc) is 2.46. The first kappa shape index (κ1) is 17.0. The number of amides is 2. The number of methoxy groups -OCH3 is 1. The molecule has 0 aliphatic rings. The smallest absolute Gasteiger partial charge is 0.335 e. The Labute approximate surface area is 124 Å². The maximum atomic E-state index is 11.9. The molecule has 1 atom stereocenters. The van der Waals surface area contributed by atoms with Gasteiger partial charge in [0.2, 0.25) is 0 Å². The highest BCUT2D eigenvalue weighted by molar-refractivity contribution is 5.87. The quantitative estimate of drug-likeness (QED) is 0.800. The number of rotatable bonds is 7. The number of likely N-dealkylation sites (N-methyl/N-ethyl adjacent to an activating group) is 1. The molecule has 0 aliphatic carbocycles. The lowest BCUT2D eigenvalue weighted by atomic mass is 10.1. The Bertz CT molecular complexity index is 490. The maximum Gasteiger partial charge on any atom is 0.335 e. The lowest BCUT2D eigenvalue weighted by Crippen LogP contribution is -2.44. The van der Waals surface area contributed by atoms with Crippen LogP contribution in [0.25, 0.3) is 0 Å². The summed E-state index contributed by atoms with van der Waals surface area (Å²) in [6, 6.07) is 6.53. The highest BCUT2D eigenvalue weighted by Gasteiger charge is 2.14. The van der Waals surface area contributed by atoms with E-state index in [1.807, 2.05) is 13.0 Å². The number of urea groups is 1. The highest BCUT2D eigenvalue weighted by atomic mass is 16.5. The van der Waals surface area contributed by atoms with Gasteiger partial charge in [0, 0.05) is 20.7 Å². The third kappa shape index (κ3) is 5.43. The van der Waals surface area contributed by atoms with Gasteiger partial charge in [-0.2, -0.15) is 0 Å². The van der Waals surface area contributed by atoms with Crippen molar-refractivity contribution in [2.75, 3.05) is 27.3 Å². The van der Waals surface area contributed by atoms with Gasteiger partial charge < -0.3 is 20.1 Å². The molecule has 0 fully saturated rings. The molecule has 6 heteroatoms. The third-order valence-electron chi connectivity index (χ3n) is 3.25. The van der Waals surface area contributed by atoms with Crippen molar-refractivity contribution in [1.82, 2.24) is 10.2 Å². The molecule has 0 saturated heterocycles. The van der Waals surface area contributed by atoms with Gasteiger partial charge in [-0.05, 0) is 31.0 Å². The molecule has 1 aromatic carbocycles. The summed E-state index contributed by atoms with van der Waals surface area (Å²) in [4.78, 5) is 24.3. The van der Waals surface area contributed by atoms with Gasteiger partial charge in [-0.3, -0.25) is 0 Å². The molecule has 6 nitrogen and oxygen atoms in total. The lowest BCUT2D eigenvalue weighted by Gasteiger charge is -2.24. The molecule has 1 rings (SSSR count). The van der Waals surface area contributed by atoms with Crippen molar-refractivity contribution in [2.45, 2.75) is 19.4 Å². The molecule has 2 amide bonds. The minimum absolute atomic E-state index is 0.00895. The number of nitrogens with one attached hydrogen (secondary N) is 1. The summed E-state index contributed by atoms with van der Waals surface area (Å²) in [6.45, 7) is 2.83. The summed E-state index contributed by atoms with van der Waals surface area (Å²) in [5, 5.41) is 11.7. The Morgan fingerprint density at radius 3 is 2.76 bits per heavy atom. The van der Waals surface area contributed by atoms with Gasteiger partial charge in [0.05, 0.1) is 18.2 Å². The maximum absolute atomic E-state index is 11.9. The van der Waals surface area contributed by atoms with Crippen LogP contribution in [-0.2, 0) is 11.2 Å². The van der Waals surface area contributed by atoms with E-state index in [0.29, 0.717) is 19.6 Å². The zero-order chi connectivity index (χ0) is 15.8. The van der Waals surface area contributed by atoms with E-state index in [2.05, 4.69) is 5.32 Å². The minimum atomic E-state index is -0.950. The molecular weight excluding hydrogens is 272 g/mol. The third-order valence-corrected chi connectivity index (χ3v) is 3.25. The van der Waals surface area contributed by atoms with E-state index < -0.39 is 5.97 Å². The Morgan fingerprint density at radius 1 is 1.43 bits per heavy atom. The second kappa shape index (κ2) is 8.26. The number of carboxylic acid groups (broad SMARTS) is 1. The van der Waals surface area contributed by atoms with Crippen LogP contribution >= 0.6 is 0 Å². The summed E-state index contributed by atoms with van der Waals surface area (Å²) in [6.07, 6.45) is 0.583. The van der Waals surface area contributed by atoms with Crippen molar-refractivity contribution in [3.8, 4) is 0 Å². The van der Waals surface area contributed by atoms with E-state index in [1.165, 1.54) is 0 Å². The predicted octanol–water partition coefficient (Wildman–Crippen LogP) is 1.60. The highest BCUT2D eigenvalue weighted by Crippen LogP contribution is 2.06. The summed E-state index contributed by atoms with van der Waals surface area (Å²) >= 11 is 0. The van der Waals surface area contributed by atoms with E-state index >= 15 is 0 Å². The first-order valence-corrected chi connectivity index (χ1v) is 6.77. The Balaban J connectivity index is 2.44. The van der Waals surface area contributed by atoms with Crippen molar-refractivity contribution in [3.05, 3.63) is 35.4 Å². The van der Waals surface area contributed by atoms with E-state index in [0.717, 1.165) is 5.56 Å². The summed E-state index contributed by atoms with van der Waals surface area (Å²) in [7, 11) is 3.31. The molecule has 0 bridgehead atoms. The second-order valence-electron chi connectivity index (χ2n) is 4.90. The monoisotopic (exact) mass is 294 g/mol. The summed E-state index contributed by atoms with van der Waals surface area (Å²) in [5.41, 5.74) is 1.13. The standard InChI is InChI=1S/C15H22N2O4/c1-11(10-21-3)17(2)15(20)16-8-7-12-5-4-6-13(9-12)14(18)19/h4-6,9,11H,7-8,10H2,1-3H3,(H,16,20)(H,18,19). The van der Waals surface area contributed by atoms with Crippen LogP contribution in [0.1, 0.15) is 22.8 Å². The van der Waals surface area contributed by atoms with Gasteiger partial charge in [-0.1, -0.05) is 12.1 Å². The zero-order valence-electron chi connectivity index (χ0n) is 12.6. The minimum Gasteiger partial charge on any atom is -0.478 e. The Hall–Kier alpha value is -2.08. The second-order valence-corrected chi connectivity index (χ2v) is 4.90. The topological polar surface area (TPSA) is 78.9 Å². The van der Waals surface area contributed by atoms with Gasteiger partial charge in [-0.15, -0.1) is 0 Å². The molecular formula is C15H22N2O4. The van der Waals surface area contributed by atoms with Crippen LogP contribution in [0.15, 0.2) is 24.3 Å². The van der Waals surface area contributed by atoms with Crippen molar-refractivity contribution in [1.29, 1.82) is 0 Å². The van der Waals surface area contributed by atoms with Gasteiger partial charge in [-0.25, -0.2) is 9.59 Å². The van der Waals surface area contributed by atoms with Gasteiger partial charge in [0.1, 0.15) is 0 Å². The van der Waals surface area contributed by atoms with Gasteiger partial charge in [0.25, 0.3) is 0 Å². The number of hydrogen-bond donors (Lipinski definition) is 2. The number of ether oxygens (including phenoxy) is 1. The van der Waals surface area contributed by atoms with E-state index in [4.69, 9.17) is 9.84 Å². The first-order chi connectivity index (χ1) is 9.95. The summed E-state index contributed by atoms with van der Waals surface area (Å²) < 4.78 is 5.01. The van der Waals surface area contributed by atoms with Crippen LogP contribution in [0.4, 0.5) is 4.79 Å². The van der Waals surface area contributed by atoms with E-state index in [9.17, 15) is 9.59 Å². The Morgan fingerprint density at radius 2 is 2.14 bits per heavy atom. The van der Waals surface area contributed by atoms with Crippen molar-refractivity contribution in [3.63, 3.8) is 0 Å². The number of aromatic carboxylic acids is 1. The fourth-order valence-corrected chi connectivity index (χ4v) is 1.85. The first-order valence-electron chi connectivity index (χ1n) is 6.77. The molecule has 1 unspecified atom stereocenters. The van der Waals surface area contributed by atoms with Crippen LogP contribution in [-0.4, -0.2) is 55.4 Å². The van der Waals surface area contributed by atoms with Crippen molar-refractivity contribution >= 4 is 12.0 Å². The molecule has 0 aliphatic heterocycles. The molecule has 0 aromatic heterocycles. The number of carbonyl (C=O) groups excluding carboxylic acids is 1. The fourth-order valence-electron chi connectivity index (χ4n) is 1.85. The predicted molar refractivity (Wildman–Crippen MR) is 79.6 cm³/mol. The van der Waals surface area contributed by atoms with Crippen LogP contribution in [0.3, 0.4) is 0 Å². The van der Waals surface area contributed by atoms with Crippen LogP contribution < -0.4 is 5.32 Å². The van der Waals surface area contributed by atoms with Crippen molar-refractivity contribution < 1.29 is 19.4 Å². The molecule has 1 aromatic rings. The normalized spacial score (nSPS) is 11.8. The number of nitrogens with zero attached hydrogens (tertiary/aromatic N) is 1. The summed E-state index contributed by atoms with van der Waals surface area (Å²) in [5.74, 6) is -0.950. The average molecular weight is 294 g/mol. The number of hydrogen-bond acceptors (Lipinski definition) is 3. The van der Waals surface area contributed by atoms with Crippen molar-refractivity contribution in [2.24, 2.45) is 0 Å². The van der Waals surface area contributed by atoms with E-state index in [1.54, 1.807) is 37.3 Å². The fraction of sp³-hybridized carbons (Fsp3) is 0.467. The molecule has 2 N–H and O–H groups in total. The molecule has 116 valence electrons. The van der Waals surface area contributed by atoms with Gasteiger partial charge >= 0.3 is 12.0 Å². The molecule has 21 heavy (non-hydrogen) atoms. The lowest BCUT2D eigenvalue weighted by molar-refractivity contribution is 0.0696. The van der Waals surface area contributed by atoms with Crippen LogP contribution in [0.5, 0.6) is 0 Å². The number of carboxylic acids is 1. The number of carbonyl (C=O) groups is 2. The Kier molecular flexibility index (Phi) is 6.68. The SMILES string of the molecule is COCC(C)N(C)C(=O)NCCc1cccc(C(=O)O)c1. The molecule has 0 heterocycles. The number of benzene rings is 1. The van der Waals surface area contributed by atoms with Gasteiger partial charge in [0.15, 0.2) is 0 Å². The zero-order valence-corrected chi connectivity index (χ0v) is 12.6. The molecule has 0 radical (unpaired) electrons. The molecule has 0 spiro atoms. The largest absolute Gasteiger partial charge is 0.478 e. The van der Waals surface area contributed by atoms with Crippen LogP contribution in [0, 0.1) is 0 Å². The molecule has 0 saturated carbocycles. The van der Waals surface area contributed by atoms with E-state index in [-0.39, 0.29) is 17.6 Å². The van der Waals surface area contributed by atoms with Crippen LogP contribution in [0.2, 0.25) is 0 Å².